The molecule has 2 fully saturated rings. The van der Waals surface area contributed by atoms with Crippen molar-refractivity contribution >= 4 is 11.0 Å². The van der Waals surface area contributed by atoms with Crippen LogP contribution in [0.2, 0.25) is 0 Å². The van der Waals surface area contributed by atoms with Crippen LogP contribution in [0.1, 0.15) is 48.6 Å². The summed E-state index contributed by atoms with van der Waals surface area (Å²) in [4.78, 5) is 11.9. The molecule has 3 heterocycles. The molecule has 0 spiro atoms. The van der Waals surface area contributed by atoms with Crippen molar-refractivity contribution < 1.29 is 4.52 Å². The standard InChI is InChI=1S/C19H23N5O/c1-23-16-5-3-2-4-15(16)20-17(23)9-11-24-10-8-14(12-24)19-21-18(22-25-19)13-6-7-13/h2-5,13-14H,6-12H2,1H3/t14-/m1/s1. The number of fused-ring (bicyclic) bond motifs is 1. The number of likely N-dealkylation sites (tertiary alicyclic amines) is 1. The van der Waals surface area contributed by atoms with Crippen molar-refractivity contribution in [3.05, 3.63) is 41.8 Å². The minimum absolute atomic E-state index is 0.389. The number of aromatic nitrogens is 4. The Morgan fingerprint density at radius 1 is 1.12 bits per heavy atom. The van der Waals surface area contributed by atoms with E-state index in [1.807, 2.05) is 6.07 Å². The van der Waals surface area contributed by atoms with Crippen LogP contribution in [-0.4, -0.2) is 44.2 Å². The Hall–Kier alpha value is -2.21. The van der Waals surface area contributed by atoms with Crippen molar-refractivity contribution in [1.82, 2.24) is 24.6 Å². The van der Waals surface area contributed by atoms with Gasteiger partial charge in [0.2, 0.25) is 5.89 Å². The minimum Gasteiger partial charge on any atom is -0.339 e. The maximum atomic E-state index is 5.52. The molecule has 1 atom stereocenters. The normalized spacial score (nSPS) is 21.4. The number of hydrogen-bond acceptors (Lipinski definition) is 5. The van der Waals surface area contributed by atoms with E-state index in [2.05, 4.69) is 44.9 Å². The Morgan fingerprint density at radius 3 is 2.84 bits per heavy atom. The zero-order valence-electron chi connectivity index (χ0n) is 14.6. The molecule has 1 aliphatic heterocycles. The van der Waals surface area contributed by atoms with E-state index in [4.69, 9.17) is 9.51 Å². The van der Waals surface area contributed by atoms with Crippen LogP contribution in [0.25, 0.3) is 11.0 Å². The smallest absolute Gasteiger partial charge is 0.231 e. The minimum atomic E-state index is 0.389. The van der Waals surface area contributed by atoms with Gasteiger partial charge in [0.1, 0.15) is 5.82 Å². The molecule has 0 amide bonds. The zero-order valence-corrected chi connectivity index (χ0v) is 14.6. The van der Waals surface area contributed by atoms with Gasteiger partial charge >= 0.3 is 0 Å². The Labute approximate surface area is 146 Å². The third-order valence-corrected chi connectivity index (χ3v) is 5.55. The molecular formula is C19H23N5O. The Kier molecular flexibility index (Phi) is 3.59. The first-order valence-electron chi connectivity index (χ1n) is 9.24. The van der Waals surface area contributed by atoms with Gasteiger partial charge in [0.25, 0.3) is 0 Å². The van der Waals surface area contributed by atoms with Gasteiger partial charge in [0.15, 0.2) is 5.82 Å². The largest absolute Gasteiger partial charge is 0.339 e. The molecular weight excluding hydrogens is 314 g/mol. The molecule has 3 aromatic rings. The monoisotopic (exact) mass is 337 g/mol. The molecule has 1 aliphatic carbocycles. The van der Waals surface area contributed by atoms with Gasteiger partial charge in [-0.05, 0) is 37.9 Å². The summed E-state index contributed by atoms with van der Waals surface area (Å²) in [6.07, 6.45) is 4.51. The predicted octanol–water partition coefficient (Wildman–Crippen LogP) is 2.87. The topological polar surface area (TPSA) is 60.0 Å². The first kappa shape index (κ1) is 15.1. The molecule has 0 radical (unpaired) electrons. The lowest BCUT2D eigenvalue weighted by molar-refractivity contribution is 0.314. The van der Waals surface area contributed by atoms with E-state index in [0.717, 1.165) is 55.5 Å². The van der Waals surface area contributed by atoms with Gasteiger partial charge in [-0.2, -0.15) is 4.98 Å². The van der Waals surface area contributed by atoms with Gasteiger partial charge in [0.05, 0.1) is 17.0 Å². The number of hydrogen-bond donors (Lipinski definition) is 0. The van der Waals surface area contributed by atoms with Gasteiger partial charge in [-0.15, -0.1) is 0 Å². The summed E-state index contributed by atoms with van der Waals surface area (Å²) in [5, 5.41) is 4.16. The highest BCUT2D eigenvalue weighted by molar-refractivity contribution is 5.75. The first-order chi connectivity index (χ1) is 12.3. The lowest BCUT2D eigenvalue weighted by atomic mass is 10.1. The van der Waals surface area contributed by atoms with Crippen molar-refractivity contribution in [2.24, 2.45) is 7.05 Å². The van der Waals surface area contributed by atoms with Crippen LogP contribution in [0.4, 0.5) is 0 Å². The molecule has 2 aromatic heterocycles. The van der Waals surface area contributed by atoms with Crippen LogP contribution in [0, 0.1) is 0 Å². The predicted molar refractivity (Wildman–Crippen MR) is 94.5 cm³/mol. The van der Waals surface area contributed by atoms with Crippen LogP contribution in [-0.2, 0) is 13.5 Å². The Balaban J connectivity index is 1.22. The fraction of sp³-hybridized carbons (Fsp3) is 0.526. The quantitative estimate of drug-likeness (QED) is 0.716. The molecule has 130 valence electrons. The van der Waals surface area contributed by atoms with Crippen LogP contribution >= 0.6 is 0 Å². The zero-order chi connectivity index (χ0) is 16.8. The lowest BCUT2D eigenvalue weighted by Gasteiger charge is -2.14. The highest BCUT2D eigenvalue weighted by Crippen LogP contribution is 2.39. The van der Waals surface area contributed by atoms with Crippen molar-refractivity contribution in [2.75, 3.05) is 19.6 Å². The van der Waals surface area contributed by atoms with Crippen LogP contribution in [0.5, 0.6) is 0 Å². The van der Waals surface area contributed by atoms with E-state index in [0.29, 0.717) is 11.8 Å². The number of nitrogens with zero attached hydrogens (tertiary/aromatic N) is 5. The van der Waals surface area contributed by atoms with E-state index >= 15 is 0 Å². The first-order valence-corrected chi connectivity index (χ1v) is 9.24. The summed E-state index contributed by atoms with van der Waals surface area (Å²) in [6, 6.07) is 8.33. The highest BCUT2D eigenvalue weighted by atomic mass is 16.5. The SMILES string of the molecule is Cn1c(CCN2CC[C@@H](c3nc(C4CC4)no3)C2)nc2ccccc21. The Bertz CT molecular complexity index is 894. The molecule has 6 heteroatoms. The molecule has 5 rings (SSSR count). The third-order valence-electron chi connectivity index (χ3n) is 5.55. The number of para-hydroxylation sites is 2. The molecule has 1 saturated heterocycles. The fourth-order valence-electron chi connectivity index (χ4n) is 3.83. The summed E-state index contributed by atoms with van der Waals surface area (Å²) in [7, 11) is 2.11. The molecule has 0 N–H and O–H groups in total. The number of aryl methyl sites for hydroxylation is 1. The van der Waals surface area contributed by atoms with Gasteiger partial charge in [0, 0.05) is 32.5 Å². The maximum Gasteiger partial charge on any atom is 0.231 e. The Morgan fingerprint density at radius 2 is 2.00 bits per heavy atom. The summed E-state index contributed by atoms with van der Waals surface area (Å²) in [5.74, 6) is 3.87. The van der Waals surface area contributed by atoms with Crippen molar-refractivity contribution in [3.8, 4) is 0 Å². The summed E-state index contributed by atoms with van der Waals surface area (Å²) in [6.45, 7) is 3.13. The second-order valence-corrected chi connectivity index (χ2v) is 7.38. The molecule has 2 aliphatic rings. The fourth-order valence-corrected chi connectivity index (χ4v) is 3.83. The van der Waals surface area contributed by atoms with Gasteiger partial charge in [-0.3, -0.25) is 0 Å². The van der Waals surface area contributed by atoms with E-state index in [9.17, 15) is 0 Å². The van der Waals surface area contributed by atoms with Gasteiger partial charge in [-0.1, -0.05) is 17.3 Å². The van der Waals surface area contributed by atoms with Gasteiger partial charge in [-0.25, -0.2) is 4.98 Å². The van der Waals surface area contributed by atoms with E-state index in [1.165, 1.54) is 18.4 Å². The van der Waals surface area contributed by atoms with E-state index in [-0.39, 0.29) is 0 Å². The molecule has 25 heavy (non-hydrogen) atoms. The molecule has 0 bridgehead atoms. The van der Waals surface area contributed by atoms with Crippen molar-refractivity contribution in [1.29, 1.82) is 0 Å². The summed E-state index contributed by atoms with van der Waals surface area (Å²) >= 11 is 0. The van der Waals surface area contributed by atoms with Gasteiger partial charge < -0.3 is 14.0 Å². The van der Waals surface area contributed by atoms with Crippen molar-refractivity contribution in [2.45, 2.75) is 37.5 Å². The second kappa shape index (κ2) is 5.95. The van der Waals surface area contributed by atoms with Crippen molar-refractivity contribution in [3.63, 3.8) is 0 Å². The third kappa shape index (κ3) is 2.84. The highest BCUT2D eigenvalue weighted by Gasteiger charge is 2.32. The van der Waals surface area contributed by atoms with Crippen LogP contribution in [0.3, 0.4) is 0 Å². The average Bonchev–Trinajstić information content (AvgIpc) is 3.07. The lowest BCUT2D eigenvalue weighted by Crippen LogP contribution is -2.24. The number of benzene rings is 1. The molecule has 6 nitrogen and oxygen atoms in total. The van der Waals surface area contributed by atoms with E-state index in [1.54, 1.807) is 0 Å². The molecule has 1 aromatic carbocycles. The molecule has 1 saturated carbocycles. The maximum absolute atomic E-state index is 5.52. The summed E-state index contributed by atoms with van der Waals surface area (Å²) < 4.78 is 7.73. The number of imidazole rings is 1. The summed E-state index contributed by atoms with van der Waals surface area (Å²) in [5.41, 5.74) is 2.29. The molecule has 0 unspecified atom stereocenters. The van der Waals surface area contributed by atoms with E-state index < -0.39 is 0 Å². The average molecular weight is 337 g/mol. The second-order valence-electron chi connectivity index (χ2n) is 7.38. The number of rotatable bonds is 5. The van der Waals surface area contributed by atoms with Crippen LogP contribution < -0.4 is 0 Å². The van der Waals surface area contributed by atoms with Crippen LogP contribution in [0.15, 0.2) is 28.8 Å².